The number of nitrogens with zero attached hydrogens (tertiary/aromatic N) is 2. The molecule has 39 heavy (non-hydrogen) atoms. The molecule has 1 saturated heterocycles. The number of rotatable bonds is 8. The Kier molecular flexibility index (Phi) is 7.79. The standard InChI is InChI=1S/C32H35ClFN3O2/c1-23(38)35-31(25-7-4-3-5-8-25)15-17-37(18-16-31)22-27-20-32(27,26-9-6-10-28(33)19-26)30(39)36(2)21-24-11-13-29(34)14-12-24/h3-14,19,27H,15-18,20-22H2,1-2H3,(H,35,38)/t27-,32+/m0/s1. The molecule has 0 aromatic heterocycles. The summed E-state index contributed by atoms with van der Waals surface area (Å²) in [5.41, 5.74) is 1.96. The first-order chi connectivity index (χ1) is 18.7. The lowest BCUT2D eigenvalue weighted by atomic mass is 9.80. The molecule has 0 unspecified atom stereocenters. The summed E-state index contributed by atoms with van der Waals surface area (Å²) >= 11 is 6.37. The number of nitrogens with one attached hydrogen (secondary N) is 1. The lowest BCUT2D eigenvalue weighted by molar-refractivity contribution is -0.133. The zero-order chi connectivity index (χ0) is 27.6. The molecule has 0 radical (unpaired) electrons. The predicted molar refractivity (Wildman–Crippen MR) is 152 cm³/mol. The Balaban J connectivity index is 1.32. The molecular weight excluding hydrogens is 513 g/mol. The van der Waals surface area contributed by atoms with E-state index in [4.69, 9.17) is 11.6 Å². The van der Waals surface area contributed by atoms with E-state index in [1.165, 1.54) is 12.1 Å². The van der Waals surface area contributed by atoms with Crippen molar-refractivity contribution in [1.82, 2.24) is 15.1 Å². The monoisotopic (exact) mass is 547 g/mol. The van der Waals surface area contributed by atoms with Crippen LogP contribution < -0.4 is 5.32 Å². The van der Waals surface area contributed by atoms with Gasteiger partial charge < -0.3 is 15.1 Å². The highest BCUT2D eigenvalue weighted by atomic mass is 35.5. The average molecular weight is 548 g/mol. The van der Waals surface area contributed by atoms with E-state index in [1.54, 1.807) is 24.0 Å². The van der Waals surface area contributed by atoms with Gasteiger partial charge in [-0.25, -0.2) is 4.39 Å². The minimum absolute atomic E-state index is 0.0238. The van der Waals surface area contributed by atoms with Crippen LogP contribution in [0.5, 0.6) is 0 Å². The third kappa shape index (κ3) is 5.73. The third-order valence-corrected chi connectivity index (χ3v) is 8.67. The molecule has 0 bridgehead atoms. The second-order valence-electron chi connectivity index (χ2n) is 11.1. The topological polar surface area (TPSA) is 52.7 Å². The number of likely N-dealkylation sites (N-methyl/N-ethyl adjacent to an activating group) is 1. The molecule has 2 fully saturated rings. The van der Waals surface area contributed by atoms with Gasteiger partial charge in [0, 0.05) is 45.2 Å². The second kappa shape index (κ2) is 11.1. The van der Waals surface area contributed by atoms with E-state index in [0.717, 1.165) is 55.6 Å². The number of likely N-dealkylation sites (tertiary alicyclic amines) is 1. The van der Waals surface area contributed by atoms with Crippen LogP contribution in [0.4, 0.5) is 4.39 Å². The Hall–Kier alpha value is -3.22. The van der Waals surface area contributed by atoms with Gasteiger partial charge in [-0.2, -0.15) is 0 Å². The molecule has 1 heterocycles. The first kappa shape index (κ1) is 27.4. The van der Waals surface area contributed by atoms with Crippen molar-refractivity contribution >= 4 is 23.4 Å². The van der Waals surface area contributed by atoms with Crippen molar-refractivity contribution in [2.75, 3.05) is 26.7 Å². The Morgan fingerprint density at radius 3 is 2.31 bits per heavy atom. The van der Waals surface area contributed by atoms with Crippen LogP contribution in [0.1, 0.15) is 42.9 Å². The number of piperidine rings is 1. The van der Waals surface area contributed by atoms with E-state index in [9.17, 15) is 14.0 Å². The molecule has 3 aromatic rings. The maximum Gasteiger partial charge on any atom is 0.233 e. The van der Waals surface area contributed by atoms with Crippen molar-refractivity contribution in [3.05, 3.63) is 106 Å². The first-order valence-corrected chi connectivity index (χ1v) is 13.9. The fraction of sp³-hybridized carbons (Fsp3) is 0.375. The van der Waals surface area contributed by atoms with Crippen molar-refractivity contribution in [3.8, 4) is 0 Å². The number of carbonyl (C=O) groups is 2. The molecule has 2 atom stereocenters. The van der Waals surface area contributed by atoms with Crippen molar-refractivity contribution in [3.63, 3.8) is 0 Å². The summed E-state index contributed by atoms with van der Waals surface area (Å²) in [4.78, 5) is 30.3. The van der Waals surface area contributed by atoms with Crippen LogP contribution in [-0.2, 0) is 27.1 Å². The fourth-order valence-electron chi connectivity index (χ4n) is 6.34. The molecule has 1 aliphatic heterocycles. The Morgan fingerprint density at radius 2 is 1.67 bits per heavy atom. The van der Waals surface area contributed by atoms with E-state index in [-0.39, 0.29) is 29.1 Å². The van der Waals surface area contributed by atoms with Crippen molar-refractivity contribution < 1.29 is 14.0 Å². The number of halogens is 2. The first-order valence-electron chi connectivity index (χ1n) is 13.5. The van der Waals surface area contributed by atoms with Crippen molar-refractivity contribution in [2.24, 2.45) is 5.92 Å². The largest absolute Gasteiger partial charge is 0.347 e. The van der Waals surface area contributed by atoms with E-state index in [1.807, 2.05) is 49.5 Å². The quantitative estimate of drug-likeness (QED) is 0.404. The average Bonchev–Trinajstić information content (AvgIpc) is 3.65. The van der Waals surface area contributed by atoms with Crippen LogP contribution in [0.3, 0.4) is 0 Å². The van der Waals surface area contributed by atoms with Gasteiger partial charge >= 0.3 is 0 Å². The van der Waals surface area contributed by atoms with E-state index < -0.39 is 5.41 Å². The van der Waals surface area contributed by atoms with E-state index in [2.05, 4.69) is 22.3 Å². The van der Waals surface area contributed by atoms with E-state index >= 15 is 0 Å². The summed E-state index contributed by atoms with van der Waals surface area (Å²) in [5, 5.41) is 3.86. The van der Waals surface area contributed by atoms with Gasteiger partial charge in [-0.05, 0) is 66.1 Å². The van der Waals surface area contributed by atoms with Gasteiger partial charge in [0.25, 0.3) is 0 Å². The number of amides is 2. The molecule has 3 aromatic carbocycles. The number of benzene rings is 3. The smallest absolute Gasteiger partial charge is 0.233 e. The van der Waals surface area contributed by atoms with Crippen LogP contribution in [-0.4, -0.2) is 48.3 Å². The van der Waals surface area contributed by atoms with Gasteiger partial charge in [-0.3, -0.25) is 9.59 Å². The molecule has 0 spiro atoms. The lowest BCUT2D eigenvalue weighted by Gasteiger charge is -2.43. The summed E-state index contributed by atoms with van der Waals surface area (Å²) in [7, 11) is 1.82. The van der Waals surface area contributed by atoms with Crippen LogP contribution in [0.2, 0.25) is 5.02 Å². The second-order valence-corrected chi connectivity index (χ2v) is 11.5. The Morgan fingerprint density at radius 1 is 1.00 bits per heavy atom. The molecule has 2 amide bonds. The highest BCUT2D eigenvalue weighted by molar-refractivity contribution is 6.30. The molecule has 5 rings (SSSR count). The molecule has 2 aliphatic rings. The maximum absolute atomic E-state index is 14.0. The molecule has 204 valence electrons. The minimum Gasteiger partial charge on any atom is -0.347 e. The minimum atomic E-state index is -0.634. The summed E-state index contributed by atoms with van der Waals surface area (Å²) in [6.45, 7) is 4.45. The molecular formula is C32H35ClFN3O2. The number of hydrogen-bond acceptors (Lipinski definition) is 3. The molecule has 1 saturated carbocycles. The summed E-state index contributed by atoms with van der Waals surface area (Å²) < 4.78 is 13.4. The summed E-state index contributed by atoms with van der Waals surface area (Å²) in [6.07, 6.45) is 2.38. The maximum atomic E-state index is 14.0. The lowest BCUT2D eigenvalue weighted by Crippen LogP contribution is -2.53. The van der Waals surface area contributed by atoms with Gasteiger partial charge in [0.1, 0.15) is 5.82 Å². The third-order valence-electron chi connectivity index (χ3n) is 8.44. The zero-order valence-electron chi connectivity index (χ0n) is 22.5. The van der Waals surface area contributed by atoms with Crippen LogP contribution in [0.25, 0.3) is 0 Å². The van der Waals surface area contributed by atoms with Crippen LogP contribution in [0, 0.1) is 11.7 Å². The van der Waals surface area contributed by atoms with Gasteiger partial charge in [-0.15, -0.1) is 0 Å². The molecule has 5 nitrogen and oxygen atoms in total. The van der Waals surface area contributed by atoms with Crippen LogP contribution >= 0.6 is 11.6 Å². The molecule has 7 heteroatoms. The predicted octanol–water partition coefficient (Wildman–Crippen LogP) is 5.52. The summed E-state index contributed by atoms with van der Waals surface area (Å²) in [6, 6.07) is 24.1. The SMILES string of the molecule is CC(=O)NC1(c2ccccc2)CCN(C[C@@H]2C[C@@]2(C(=O)N(C)Cc2ccc(F)cc2)c2cccc(Cl)c2)CC1. The Labute approximate surface area is 235 Å². The van der Waals surface area contributed by atoms with Gasteiger partial charge in [-0.1, -0.05) is 66.2 Å². The fourth-order valence-corrected chi connectivity index (χ4v) is 6.53. The zero-order valence-corrected chi connectivity index (χ0v) is 23.3. The van der Waals surface area contributed by atoms with Crippen molar-refractivity contribution in [2.45, 2.75) is 43.7 Å². The highest BCUT2D eigenvalue weighted by Gasteiger charge is 2.62. The number of hydrogen-bond donors (Lipinski definition) is 1. The summed E-state index contributed by atoms with van der Waals surface area (Å²) in [5.74, 6) is -0.0944. The molecule has 1 N–H and O–H groups in total. The van der Waals surface area contributed by atoms with Gasteiger partial charge in [0.05, 0.1) is 11.0 Å². The highest BCUT2D eigenvalue weighted by Crippen LogP contribution is 2.56. The van der Waals surface area contributed by atoms with Gasteiger partial charge in [0.2, 0.25) is 11.8 Å². The van der Waals surface area contributed by atoms with Gasteiger partial charge in [0.15, 0.2) is 0 Å². The van der Waals surface area contributed by atoms with Crippen molar-refractivity contribution in [1.29, 1.82) is 0 Å². The normalized spacial score (nSPS) is 22.2. The van der Waals surface area contributed by atoms with E-state index in [0.29, 0.717) is 11.6 Å². The Bertz CT molecular complexity index is 1320. The number of carbonyl (C=O) groups excluding carboxylic acids is 2. The van der Waals surface area contributed by atoms with Crippen LogP contribution in [0.15, 0.2) is 78.9 Å². The molecule has 1 aliphatic carbocycles.